The van der Waals surface area contributed by atoms with Gasteiger partial charge in [0.05, 0.1) is 6.61 Å². The minimum absolute atomic E-state index is 0.668. The predicted octanol–water partition coefficient (Wildman–Crippen LogP) is 2.47. The Morgan fingerprint density at radius 1 is 1.30 bits per heavy atom. The molecule has 1 aliphatic heterocycles. The molecule has 5 nitrogen and oxygen atoms in total. The van der Waals surface area contributed by atoms with Crippen LogP contribution in [0.5, 0.6) is 5.88 Å². The molecule has 1 saturated heterocycles. The number of hydrogen-bond donors (Lipinski definition) is 1. The van der Waals surface area contributed by atoms with Gasteiger partial charge in [-0.3, -0.25) is 0 Å². The van der Waals surface area contributed by atoms with Crippen molar-refractivity contribution in [3.05, 3.63) is 11.8 Å². The number of rotatable bonds is 8. The lowest BCUT2D eigenvalue weighted by molar-refractivity contribution is 0.305. The molecule has 0 saturated carbocycles. The molecule has 0 spiro atoms. The van der Waals surface area contributed by atoms with Gasteiger partial charge in [-0.05, 0) is 52.2 Å². The molecule has 1 aromatic heterocycles. The summed E-state index contributed by atoms with van der Waals surface area (Å²) >= 11 is 0. The SMILES string of the molecule is CCCOc1cc(C)nc(NCCCN2CCCC2)n1. The minimum atomic E-state index is 0.668. The van der Waals surface area contributed by atoms with Crippen molar-refractivity contribution < 1.29 is 4.74 Å². The second-order valence-corrected chi connectivity index (χ2v) is 5.35. The van der Waals surface area contributed by atoms with Crippen molar-refractivity contribution in [3.63, 3.8) is 0 Å². The Kier molecular flexibility index (Phi) is 6.05. The molecular formula is C15H26N4O. The van der Waals surface area contributed by atoms with Crippen LogP contribution in [0, 0.1) is 6.92 Å². The van der Waals surface area contributed by atoms with Gasteiger partial charge in [-0.1, -0.05) is 6.92 Å². The summed E-state index contributed by atoms with van der Waals surface area (Å²) in [5.74, 6) is 1.35. The summed E-state index contributed by atoms with van der Waals surface area (Å²) in [7, 11) is 0. The number of anilines is 1. The molecule has 0 aliphatic carbocycles. The molecule has 1 N–H and O–H groups in total. The van der Waals surface area contributed by atoms with Gasteiger partial charge in [-0.25, -0.2) is 4.98 Å². The molecule has 1 aromatic rings. The maximum atomic E-state index is 5.56. The second kappa shape index (κ2) is 8.04. The van der Waals surface area contributed by atoms with Gasteiger partial charge in [0, 0.05) is 18.3 Å². The van der Waals surface area contributed by atoms with Crippen molar-refractivity contribution in [1.29, 1.82) is 0 Å². The third kappa shape index (κ3) is 4.96. The zero-order chi connectivity index (χ0) is 14.2. The van der Waals surface area contributed by atoms with Gasteiger partial charge in [0.1, 0.15) is 0 Å². The van der Waals surface area contributed by atoms with Crippen LogP contribution in [0.3, 0.4) is 0 Å². The lowest BCUT2D eigenvalue weighted by Crippen LogP contribution is -2.22. The van der Waals surface area contributed by atoms with Crippen LogP contribution in [0.15, 0.2) is 6.07 Å². The molecule has 2 heterocycles. The summed E-state index contributed by atoms with van der Waals surface area (Å²) in [6.07, 6.45) is 4.82. The minimum Gasteiger partial charge on any atom is -0.478 e. The van der Waals surface area contributed by atoms with Crippen LogP contribution in [0.4, 0.5) is 5.95 Å². The van der Waals surface area contributed by atoms with Gasteiger partial charge < -0.3 is 15.0 Å². The zero-order valence-electron chi connectivity index (χ0n) is 12.7. The highest BCUT2D eigenvalue weighted by Gasteiger charge is 2.10. The van der Waals surface area contributed by atoms with Crippen LogP contribution in [0.2, 0.25) is 0 Å². The fraction of sp³-hybridized carbons (Fsp3) is 0.733. The van der Waals surface area contributed by atoms with Crippen LogP contribution in [-0.4, -0.2) is 47.7 Å². The van der Waals surface area contributed by atoms with E-state index in [0.717, 1.165) is 31.6 Å². The Labute approximate surface area is 121 Å². The highest BCUT2D eigenvalue weighted by molar-refractivity contribution is 5.30. The van der Waals surface area contributed by atoms with E-state index >= 15 is 0 Å². The summed E-state index contributed by atoms with van der Waals surface area (Å²) in [4.78, 5) is 11.3. The van der Waals surface area contributed by atoms with Crippen molar-refractivity contribution in [2.45, 2.75) is 39.5 Å². The lowest BCUT2D eigenvalue weighted by Gasteiger charge is -2.14. The Balaban J connectivity index is 1.74. The van der Waals surface area contributed by atoms with E-state index in [0.29, 0.717) is 18.4 Å². The monoisotopic (exact) mass is 278 g/mol. The molecule has 1 aliphatic rings. The van der Waals surface area contributed by atoms with E-state index in [1.165, 1.54) is 25.9 Å². The fourth-order valence-electron chi connectivity index (χ4n) is 2.41. The molecular weight excluding hydrogens is 252 g/mol. The van der Waals surface area contributed by atoms with Crippen molar-refractivity contribution in [2.75, 3.05) is 38.1 Å². The van der Waals surface area contributed by atoms with Gasteiger partial charge in [0.15, 0.2) is 0 Å². The molecule has 0 radical (unpaired) electrons. The topological polar surface area (TPSA) is 50.3 Å². The van der Waals surface area contributed by atoms with Crippen LogP contribution >= 0.6 is 0 Å². The van der Waals surface area contributed by atoms with Crippen molar-refractivity contribution in [3.8, 4) is 5.88 Å². The number of ether oxygens (including phenoxy) is 1. The molecule has 20 heavy (non-hydrogen) atoms. The molecule has 0 bridgehead atoms. The van der Waals surface area contributed by atoms with E-state index in [-0.39, 0.29) is 0 Å². The number of nitrogens with one attached hydrogen (secondary N) is 1. The van der Waals surface area contributed by atoms with E-state index in [9.17, 15) is 0 Å². The second-order valence-electron chi connectivity index (χ2n) is 5.35. The molecule has 1 fully saturated rings. The zero-order valence-corrected chi connectivity index (χ0v) is 12.7. The summed E-state index contributed by atoms with van der Waals surface area (Å²) in [5, 5.41) is 3.30. The molecule has 0 unspecified atom stereocenters. The Hall–Kier alpha value is -1.36. The standard InChI is InChI=1S/C15H26N4O/c1-3-11-20-14-12-13(2)17-15(18-14)16-7-6-10-19-8-4-5-9-19/h12H,3-11H2,1-2H3,(H,16,17,18). The van der Waals surface area contributed by atoms with Gasteiger partial charge in [0.2, 0.25) is 11.8 Å². The lowest BCUT2D eigenvalue weighted by atomic mass is 10.4. The number of aromatic nitrogens is 2. The van der Waals surface area contributed by atoms with E-state index in [4.69, 9.17) is 4.74 Å². The van der Waals surface area contributed by atoms with Gasteiger partial charge in [-0.2, -0.15) is 4.98 Å². The third-order valence-corrected chi connectivity index (χ3v) is 3.42. The number of aryl methyl sites for hydroxylation is 1. The van der Waals surface area contributed by atoms with Crippen LogP contribution in [-0.2, 0) is 0 Å². The maximum absolute atomic E-state index is 5.56. The molecule has 0 atom stereocenters. The van der Waals surface area contributed by atoms with E-state index < -0.39 is 0 Å². The Morgan fingerprint density at radius 3 is 2.85 bits per heavy atom. The first kappa shape index (κ1) is 15.0. The summed E-state index contributed by atoms with van der Waals surface area (Å²) in [5.41, 5.74) is 0.938. The molecule has 0 amide bonds. The molecule has 5 heteroatoms. The van der Waals surface area contributed by atoms with Crippen molar-refractivity contribution in [2.24, 2.45) is 0 Å². The first-order chi connectivity index (χ1) is 9.78. The first-order valence-corrected chi connectivity index (χ1v) is 7.72. The maximum Gasteiger partial charge on any atom is 0.226 e. The van der Waals surface area contributed by atoms with Gasteiger partial charge in [-0.15, -0.1) is 0 Å². The van der Waals surface area contributed by atoms with Gasteiger partial charge in [0.25, 0.3) is 0 Å². The van der Waals surface area contributed by atoms with Crippen LogP contribution in [0.1, 0.15) is 38.3 Å². The average Bonchev–Trinajstić information content (AvgIpc) is 2.94. The smallest absolute Gasteiger partial charge is 0.226 e. The van der Waals surface area contributed by atoms with E-state index in [1.807, 2.05) is 13.0 Å². The summed E-state index contributed by atoms with van der Waals surface area (Å²) in [6.45, 7) is 9.35. The van der Waals surface area contributed by atoms with Crippen LogP contribution in [0.25, 0.3) is 0 Å². The van der Waals surface area contributed by atoms with Gasteiger partial charge >= 0.3 is 0 Å². The summed E-state index contributed by atoms with van der Waals surface area (Å²) < 4.78 is 5.56. The largest absolute Gasteiger partial charge is 0.478 e. The summed E-state index contributed by atoms with van der Waals surface area (Å²) in [6, 6.07) is 1.88. The predicted molar refractivity (Wildman–Crippen MR) is 81.3 cm³/mol. The van der Waals surface area contributed by atoms with E-state index in [1.54, 1.807) is 0 Å². The highest BCUT2D eigenvalue weighted by atomic mass is 16.5. The average molecular weight is 278 g/mol. The normalized spacial score (nSPS) is 15.5. The Bertz CT molecular complexity index is 405. The molecule has 2 rings (SSSR count). The highest BCUT2D eigenvalue weighted by Crippen LogP contribution is 2.12. The number of hydrogen-bond acceptors (Lipinski definition) is 5. The van der Waals surface area contributed by atoms with Crippen LogP contribution < -0.4 is 10.1 Å². The quantitative estimate of drug-likeness (QED) is 0.740. The number of nitrogens with zero attached hydrogens (tertiary/aromatic N) is 3. The van der Waals surface area contributed by atoms with Crippen molar-refractivity contribution >= 4 is 5.95 Å². The van der Waals surface area contributed by atoms with Crippen molar-refractivity contribution in [1.82, 2.24) is 14.9 Å². The number of likely N-dealkylation sites (tertiary alicyclic amines) is 1. The third-order valence-electron chi connectivity index (χ3n) is 3.42. The first-order valence-electron chi connectivity index (χ1n) is 7.72. The fourth-order valence-corrected chi connectivity index (χ4v) is 2.41. The van der Waals surface area contributed by atoms with E-state index in [2.05, 4.69) is 27.1 Å². The molecule has 112 valence electrons. The molecule has 0 aromatic carbocycles. The Morgan fingerprint density at radius 2 is 2.10 bits per heavy atom.